The average Bonchev–Trinajstić information content (AvgIpc) is 2.86. The van der Waals surface area contributed by atoms with Crippen LogP contribution >= 0.6 is 0 Å². The number of methoxy groups -OCH3 is 1. The third kappa shape index (κ3) is 3.64. The van der Waals surface area contributed by atoms with E-state index in [1.54, 1.807) is 54.6 Å². The van der Waals surface area contributed by atoms with Gasteiger partial charge in [-0.1, -0.05) is 60.7 Å². The lowest BCUT2D eigenvalue weighted by molar-refractivity contribution is -0.0254. The van der Waals surface area contributed by atoms with Gasteiger partial charge in [0.1, 0.15) is 17.5 Å². The van der Waals surface area contributed by atoms with Crippen LogP contribution in [0.4, 0.5) is 5.69 Å². The zero-order valence-electron chi connectivity index (χ0n) is 18.3. The Morgan fingerprint density at radius 3 is 2.41 bits per heavy atom. The van der Waals surface area contributed by atoms with Gasteiger partial charge < -0.3 is 14.9 Å². The van der Waals surface area contributed by atoms with Crippen molar-refractivity contribution in [3.05, 3.63) is 108 Å². The molecule has 0 saturated carbocycles. The molecule has 5 rings (SSSR count). The molecule has 2 atom stereocenters. The van der Waals surface area contributed by atoms with E-state index >= 15 is 0 Å². The van der Waals surface area contributed by atoms with Crippen LogP contribution in [0.3, 0.4) is 0 Å². The van der Waals surface area contributed by atoms with Crippen molar-refractivity contribution >= 4 is 32.6 Å². The topological polar surface area (TPSA) is 95.9 Å². The number of ether oxygens (including phenoxy) is 1. The smallest absolute Gasteiger partial charge is 0.261 e. The van der Waals surface area contributed by atoms with Crippen LogP contribution in [0.1, 0.15) is 16.7 Å². The van der Waals surface area contributed by atoms with E-state index in [-0.39, 0.29) is 4.90 Å². The maximum absolute atomic E-state index is 13.2. The third-order valence-corrected chi connectivity index (χ3v) is 7.55. The van der Waals surface area contributed by atoms with Gasteiger partial charge in [-0.25, -0.2) is 8.42 Å². The Balaban J connectivity index is 1.66. The number of nitrogens with one attached hydrogen (secondary N) is 1. The molecule has 3 N–H and O–H groups in total. The summed E-state index contributed by atoms with van der Waals surface area (Å²) < 4.78 is 34.2. The van der Waals surface area contributed by atoms with E-state index in [0.29, 0.717) is 28.0 Å². The van der Waals surface area contributed by atoms with Crippen molar-refractivity contribution in [1.82, 2.24) is 0 Å². The van der Waals surface area contributed by atoms with Crippen LogP contribution in [0.15, 0.2) is 95.9 Å². The van der Waals surface area contributed by atoms with Crippen molar-refractivity contribution in [1.29, 1.82) is 0 Å². The maximum Gasteiger partial charge on any atom is 0.261 e. The average molecular weight is 474 g/mol. The Kier molecular flexibility index (Phi) is 5.40. The van der Waals surface area contributed by atoms with E-state index in [1.165, 1.54) is 19.2 Å². The first-order valence-corrected chi connectivity index (χ1v) is 12.2. The molecule has 1 aliphatic rings. The van der Waals surface area contributed by atoms with E-state index in [0.717, 1.165) is 10.9 Å². The second-order valence-corrected chi connectivity index (χ2v) is 9.87. The summed E-state index contributed by atoms with van der Waals surface area (Å²) in [6.07, 6.45) is 2.09. The standard InChI is InChI=1S/C27H23NO5S/c1-33-21-11-13-22(14-12-21)34(31,32)28-25-17-20(16-19-7-2-4-8-23(19)25)27(30)24-9-5-3-6-18(24)10-15-26(27)29/h2-17,26,28-30H,1H3. The molecule has 6 nitrogen and oxygen atoms in total. The van der Waals surface area contributed by atoms with Gasteiger partial charge in [0.15, 0.2) is 0 Å². The first-order chi connectivity index (χ1) is 16.3. The van der Waals surface area contributed by atoms with E-state index < -0.39 is 21.7 Å². The molecule has 0 spiro atoms. The van der Waals surface area contributed by atoms with Crippen molar-refractivity contribution in [2.24, 2.45) is 0 Å². The predicted octanol–water partition coefficient (Wildman–Crippen LogP) is 4.27. The molecule has 0 aromatic heterocycles. The Morgan fingerprint density at radius 1 is 0.941 bits per heavy atom. The van der Waals surface area contributed by atoms with Crippen molar-refractivity contribution in [3.8, 4) is 5.75 Å². The van der Waals surface area contributed by atoms with Gasteiger partial charge in [-0.3, -0.25) is 4.72 Å². The molecule has 1 aliphatic carbocycles. The fourth-order valence-electron chi connectivity index (χ4n) is 4.38. The molecule has 7 heteroatoms. The normalized spacial score (nSPS) is 19.6. The third-order valence-electron chi connectivity index (χ3n) is 6.17. The van der Waals surface area contributed by atoms with Gasteiger partial charge in [0.05, 0.1) is 17.7 Å². The molecular formula is C27H23NO5S. The number of benzene rings is 4. The number of sulfonamides is 1. The highest BCUT2D eigenvalue weighted by molar-refractivity contribution is 7.92. The summed E-state index contributed by atoms with van der Waals surface area (Å²) in [5.41, 5.74) is 0.253. The number of rotatable bonds is 5. The molecule has 0 radical (unpaired) electrons. The Hall–Kier alpha value is -3.65. The minimum atomic E-state index is -3.93. The lowest BCUT2D eigenvalue weighted by Crippen LogP contribution is -2.41. The van der Waals surface area contributed by atoms with Gasteiger partial charge in [-0.15, -0.1) is 0 Å². The number of anilines is 1. The monoisotopic (exact) mass is 473 g/mol. The number of aliphatic hydroxyl groups excluding tert-OH is 1. The predicted molar refractivity (Wildman–Crippen MR) is 132 cm³/mol. The lowest BCUT2D eigenvalue weighted by Gasteiger charge is -2.36. The molecule has 0 saturated heterocycles. The Morgan fingerprint density at radius 2 is 1.65 bits per heavy atom. The molecule has 34 heavy (non-hydrogen) atoms. The maximum atomic E-state index is 13.2. The van der Waals surface area contributed by atoms with Gasteiger partial charge in [0, 0.05) is 5.39 Å². The summed E-state index contributed by atoms with van der Waals surface area (Å²) in [7, 11) is -2.42. The zero-order chi connectivity index (χ0) is 23.9. The van der Waals surface area contributed by atoms with Crippen LogP contribution in [0.5, 0.6) is 5.75 Å². The first kappa shape index (κ1) is 22.2. The quantitative estimate of drug-likeness (QED) is 0.402. The largest absolute Gasteiger partial charge is 0.497 e. The summed E-state index contributed by atoms with van der Waals surface area (Å²) >= 11 is 0. The summed E-state index contributed by atoms with van der Waals surface area (Å²) in [5, 5.41) is 24.1. The minimum Gasteiger partial charge on any atom is -0.497 e. The molecule has 0 bridgehead atoms. The Labute approximate surface area is 197 Å². The Bertz CT molecular complexity index is 1510. The van der Waals surface area contributed by atoms with Crippen LogP contribution in [0.25, 0.3) is 16.8 Å². The van der Waals surface area contributed by atoms with E-state index in [4.69, 9.17) is 4.74 Å². The van der Waals surface area contributed by atoms with Gasteiger partial charge in [0.2, 0.25) is 0 Å². The number of hydrogen-bond donors (Lipinski definition) is 3. The van der Waals surface area contributed by atoms with Crippen molar-refractivity contribution in [2.75, 3.05) is 11.8 Å². The highest BCUT2D eigenvalue weighted by Crippen LogP contribution is 2.42. The number of hydrogen-bond acceptors (Lipinski definition) is 5. The van der Waals surface area contributed by atoms with Gasteiger partial charge in [-0.2, -0.15) is 0 Å². The molecule has 2 unspecified atom stereocenters. The SMILES string of the molecule is COc1ccc(S(=O)(=O)Nc2cc(C3(O)c4ccccc4C=CC3O)cc3ccccc23)cc1. The van der Waals surface area contributed by atoms with Gasteiger partial charge in [0.25, 0.3) is 10.0 Å². The summed E-state index contributed by atoms with van der Waals surface area (Å²) in [4.78, 5) is 0.0764. The molecule has 172 valence electrons. The summed E-state index contributed by atoms with van der Waals surface area (Å²) in [5.74, 6) is 0.548. The summed E-state index contributed by atoms with van der Waals surface area (Å²) in [6, 6.07) is 24.0. The van der Waals surface area contributed by atoms with Gasteiger partial charge >= 0.3 is 0 Å². The number of aliphatic hydroxyl groups is 2. The van der Waals surface area contributed by atoms with E-state index in [1.807, 2.05) is 30.3 Å². The highest BCUT2D eigenvalue weighted by atomic mass is 32.2. The molecular weight excluding hydrogens is 450 g/mol. The summed E-state index contributed by atoms with van der Waals surface area (Å²) in [6.45, 7) is 0. The van der Waals surface area contributed by atoms with Crippen LogP contribution in [0, 0.1) is 0 Å². The highest BCUT2D eigenvalue weighted by Gasteiger charge is 2.42. The fraction of sp³-hybridized carbons (Fsp3) is 0.111. The first-order valence-electron chi connectivity index (χ1n) is 10.7. The van der Waals surface area contributed by atoms with Gasteiger partial charge in [-0.05, 0) is 58.5 Å². The van der Waals surface area contributed by atoms with Crippen molar-refractivity contribution in [3.63, 3.8) is 0 Å². The van der Waals surface area contributed by atoms with Crippen molar-refractivity contribution in [2.45, 2.75) is 16.6 Å². The molecule has 0 aliphatic heterocycles. The van der Waals surface area contributed by atoms with Crippen LogP contribution in [-0.4, -0.2) is 31.8 Å². The second kappa shape index (κ2) is 8.29. The molecule has 0 heterocycles. The molecule has 4 aromatic rings. The van der Waals surface area contributed by atoms with Crippen LogP contribution in [0.2, 0.25) is 0 Å². The zero-order valence-corrected chi connectivity index (χ0v) is 19.2. The van der Waals surface area contributed by atoms with Crippen molar-refractivity contribution < 1.29 is 23.4 Å². The second-order valence-electron chi connectivity index (χ2n) is 8.18. The van der Waals surface area contributed by atoms with Crippen LogP contribution in [-0.2, 0) is 15.6 Å². The lowest BCUT2D eigenvalue weighted by atomic mass is 9.75. The fourth-order valence-corrected chi connectivity index (χ4v) is 5.45. The minimum absolute atomic E-state index is 0.0764. The number of fused-ring (bicyclic) bond motifs is 2. The molecule has 0 fully saturated rings. The van der Waals surface area contributed by atoms with E-state index in [2.05, 4.69) is 4.72 Å². The van der Waals surface area contributed by atoms with E-state index in [9.17, 15) is 18.6 Å². The van der Waals surface area contributed by atoms with Crippen LogP contribution < -0.4 is 9.46 Å². The molecule has 4 aromatic carbocycles. The molecule has 0 amide bonds.